The third kappa shape index (κ3) is 3.64. The predicted molar refractivity (Wildman–Crippen MR) is 75.5 cm³/mol. The molecule has 2 rings (SSSR count). The summed E-state index contributed by atoms with van der Waals surface area (Å²) in [6.45, 7) is 0. The molecule has 19 heavy (non-hydrogen) atoms. The summed E-state index contributed by atoms with van der Waals surface area (Å²) in [5.74, 6) is 1.10. The third-order valence-electron chi connectivity index (χ3n) is 3.91. The van der Waals surface area contributed by atoms with Crippen LogP contribution in [0, 0.1) is 5.92 Å². The van der Waals surface area contributed by atoms with Crippen LogP contribution in [-0.4, -0.2) is 44.3 Å². The lowest BCUT2D eigenvalue weighted by Gasteiger charge is -2.25. The van der Waals surface area contributed by atoms with E-state index in [4.69, 9.17) is 4.74 Å². The van der Waals surface area contributed by atoms with Gasteiger partial charge in [-0.1, -0.05) is 6.42 Å². The number of carbonyl (C=O) groups excluding carboxylic acids is 1. The standard InChI is InChI=1S/C12H21NO4S2/c1-17-12(14)10-3-2-4-11(10)19(15,16)13-9-5-7-18-8-6-9/h9-11,13H,2-8H2,1H3. The lowest BCUT2D eigenvalue weighted by Crippen LogP contribution is -2.45. The number of ether oxygens (including phenoxy) is 1. The van der Waals surface area contributed by atoms with E-state index in [-0.39, 0.29) is 6.04 Å². The number of sulfonamides is 1. The summed E-state index contributed by atoms with van der Waals surface area (Å²) in [6.07, 6.45) is 3.68. The monoisotopic (exact) mass is 307 g/mol. The maximum absolute atomic E-state index is 12.4. The molecule has 2 atom stereocenters. The lowest BCUT2D eigenvalue weighted by molar-refractivity contribution is -0.145. The molecule has 0 radical (unpaired) electrons. The van der Waals surface area contributed by atoms with Gasteiger partial charge in [-0.15, -0.1) is 0 Å². The molecule has 7 heteroatoms. The fraction of sp³-hybridized carbons (Fsp3) is 0.917. The van der Waals surface area contributed by atoms with Gasteiger partial charge in [0.05, 0.1) is 18.3 Å². The molecule has 0 bridgehead atoms. The SMILES string of the molecule is COC(=O)C1CCCC1S(=O)(=O)NC1CCSCC1. The maximum atomic E-state index is 12.4. The van der Waals surface area contributed by atoms with E-state index in [2.05, 4.69) is 4.72 Å². The Morgan fingerprint density at radius 2 is 1.89 bits per heavy atom. The van der Waals surface area contributed by atoms with Crippen molar-refractivity contribution in [3.63, 3.8) is 0 Å². The minimum absolute atomic E-state index is 0.0325. The molecule has 2 aliphatic rings. The summed E-state index contributed by atoms with van der Waals surface area (Å²) in [4.78, 5) is 11.6. The maximum Gasteiger partial charge on any atom is 0.310 e. The molecule has 1 saturated carbocycles. The Kier molecular flexibility index (Phi) is 5.14. The first-order valence-corrected chi connectivity index (χ1v) is 9.41. The lowest BCUT2D eigenvalue weighted by atomic mass is 10.1. The van der Waals surface area contributed by atoms with Crippen molar-refractivity contribution in [2.45, 2.75) is 43.4 Å². The molecule has 1 N–H and O–H groups in total. The summed E-state index contributed by atoms with van der Waals surface area (Å²) in [5, 5.41) is -0.616. The average molecular weight is 307 g/mol. The van der Waals surface area contributed by atoms with Crippen LogP contribution in [0.1, 0.15) is 32.1 Å². The van der Waals surface area contributed by atoms with Crippen molar-refractivity contribution in [2.24, 2.45) is 5.92 Å². The minimum atomic E-state index is -3.42. The van der Waals surface area contributed by atoms with Gasteiger partial charge in [0.25, 0.3) is 0 Å². The summed E-state index contributed by atoms with van der Waals surface area (Å²) < 4.78 is 32.3. The van der Waals surface area contributed by atoms with Crippen molar-refractivity contribution in [1.29, 1.82) is 0 Å². The molecule has 1 heterocycles. The first-order valence-electron chi connectivity index (χ1n) is 6.71. The van der Waals surface area contributed by atoms with Gasteiger partial charge in [-0.2, -0.15) is 11.8 Å². The Bertz CT molecular complexity index is 417. The fourth-order valence-corrected chi connectivity index (χ4v) is 5.99. The zero-order valence-corrected chi connectivity index (χ0v) is 12.8. The van der Waals surface area contributed by atoms with E-state index in [0.717, 1.165) is 30.8 Å². The Morgan fingerprint density at radius 1 is 1.21 bits per heavy atom. The van der Waals surface area contributed by atoms with Gasteiger partial charge in [0.2, 0.25) is 10.0 Å². The normalized spacial score (nSPS) is 29.3. The highest BCUT2D eigenvalue weighted by molar-refractivity contribution is 7.99. The molecule has 1 aliphatic carbocycles. The first kappa shape index (κ1) is 15.1. The fourth-order valence-electron chi connectivity index (χ4n) is 2.85. The van der Waals surface area contributed by atoms with E-state index in [1.165, 1.54) is 7.11 Å². The Balaban J connectivity index is 2.03. The van der Waals surface area contributed by atoms with E-state index >= 15 is 0 Å². The highest BCUT2D eigenvalue weighted by Crippen LogP contribution is 2.32. The van der Waals surface area contributed by atoms with Crippen molar-refractivity contribution in [3.05, 3.63) is 0 Å². The van der Waals surface area contributed by atoms with Gasteiger partial charge in [0.15, 0.2) is 0 Å². The summed E-state index contributed by atoms with van der Waals surface area (Å²) in [7, 11) is -2.11. The summed E-state index contributed by atoms with van der Waals surface area (Å²) in [5.41, 5.74) is 0. The quantitative estimate of drug-likeness (QED) is 0.789. The summed E-state index contributed by atoms with van der Waals surface area (Å²) >= 11 is 1.86. The van der Waals surface area contributed by atoms with E-state index in [0.29, 0.717) is 12.8 Å². The molecule has 0 aromatic heterocycles. The molecule has 0 amide bonds. The van der Waals surface area contributed by atoms with E-state index < -0.39 is 27.2 Å². The Labute approximate surface area is 118 Å². The number of carbonyl (C=O) groups is 1. The highest BCUT2D eigenvalue weighted by atomic mass is 32.2. The van der Waals surface area contributed by atoms with E-state index in [9.17, 15) is 13.2 Å². The van der Waals surface area contributed by atoms with Crippen LogP contribution in [0.4, 0.5) is 0 Å². The van der Waals surface area contributed by atoms with Crippen LogP contribution in [-0.2, 0) is 19.6 Å². The Hall–Kier alpha value is -0.270. The zero-order valence-electron chi connectivity index (χ0n) is 11.1. The van der Waals surface area contributed by atoms with Gasteiger partial charge in [0, 0.05) is 6.04 Å². The van der Waals surface area contributed by atoms with Gasteiger partial charge in [-0.05, 0) is 37.2 Å². The molecule has 110 valence electrons. The predicted octanol–water partition coefficient (Wildman–Crippen LogP) is 1.14. The molecule has 0 spiro atoms. The minimum Gasteiger partial charge on any atom is -0.469 e. The van der Waals surface area contributed by atoms with Crippen molar-refractivity contribution >= 4 is 27.8 Å². The van der Waals surface area contributed by atoms with Crippen LogP contribution in [0.25, 0.3) is 0 Å². The molecule has 0 aromatic rings. The van der Waals surface area contributed by atoms with Crippen molar-refractivity contribution in [1.82, 2.24) is 4.72 Å². The van der Waals surface area contributed by atoms with Gasteiger partial charge >= 0.3 is 5.97 Å². The number of methoxy groups -OCH3 is 1. The molecule has 2 unspecified atom stereocenters. The molecule has 1 aliphatic heterocycles. The van der Waals surface area contributed by atoms with E-state index in [1.54, 1.807) is 0 Å². The van der Waals surface area contributed by atoms with Gasteiger partial charge in [-0.25, -0.2) is 13.1 Å². The number of thioether (sulfide) groups is 1. The number of hydrogen-bond acceptors (Lipinski definition) is 5. The molecule has 0 aromatic carbocycles. The van der Waals surface area contributed by atoms with Crippen molar-refractivity contribution in [3.8, 4) is 0 Å². The topological polar surface area (TPSA) is 72.5 Å². The second-order valence-electron chi connectivity index (χ2n) is 5.15. The second kappa shape index (κ2) is 6.45. The molecular formula is C12H21NO4S2. The van der Waals surface area contributed by atoms with Crippen LogP contribution in [0.5, 0.6) is 0 Å². The van der Waals surface area contributed by atoms with Crippen LogP contribution >= 0.6 is 11.8 Å². The van der Waals surface area contributed by atoms with Gasteiger partial charge in [0.1, 0.15) is 0 Å². The molecule has 1 saturated heterocycles. The van der Waals surface area contributed by atoms with Crippen LogP contribution in [0.2, 0.25) is 0 Å². The smallest absolute Gasteiger partial charge is 0.310 e. The first-order chi connectivity index (χ1) is 9.04. The average Bonchev–Trinajstić information content (AvgIpc) is 2.88. The zero-order chi connectivity index (χ0) is 13.9. The molecule has 5 nitrogen and oxygen atoms in total. The molecular weight excluding hydrogens is 286 g/mol. The Morgan fingerprint density at radius 3 is 2.53 bits per heavy atom. The number of nitrogens with one attached hydrogen (secondary N) is 1. The van der Waals surface area contributed by atoms with Crippen LogP contribution < -0.4 is 4.72 Å². The molecule has 2 fully saturated rings. The second-order valence-corrected chi connectivity index (χ2v) is 8.30. The highest BCUT2D eigenvalue weighted by Gasteiger charge is 2.42. The van der Waals surface area contributed by atoms with Gasteiger partial charge in [-0.3, -0.25) is 4.79 Å². The largest absolute Gasteiger partial charge is 0.469 e. The summed E-state index contributed by atoms with van der Waals surface area (Å²) in [6, 6.07) is 0.0325. The number of rotatable bonds is 4. The third-order valence-corrected chi connectivity index (χ3v) is 6.98. The van der Waals surface area contributed by atoms with Crippen molar-refractivity contribution in [2.75, 3.05) is 18.6 Å². The number of esters is 1. The van der Waals surface area contributed by atoms with Crippen LogP contribution in [0.15, 0.2) is 0 Å². The van der Waals surface area contributed by atoms with Crippen LogP contribution in [0.3, 0.4) is 0 Å². The van der Waals surface area contributed by atoms with E-state index in [1.807, 2.05) is 11.8 Å². The number of hydrogen-bond donors (Lipinski definition) is 1. The van der Waals surface area contributed by atoms with Crippen molar-refractivity contribution < 1.29 is 17.9 Å². The van der Waals surface area contributed by atoms with Gasteiger partial charge < -0.3 is 4.74 Å².